The number of nitrogens with two attached hydrogens (primary N) is 1. The van der Waals surface area contributed by atoms with Gasteiger partial charge in [0.2, 0.25) is 0 Å². The molecule has 0 bridgehead atoms. The summed E-state index contributed by atoms with van der Waals surface area (Å²) < 4.78 is 7.01. The Labute approximate surface area is 111 Å². The van der Waals surface area contributed by atoms with Crippen molar-refractivity contribution in [2.75, 3.05) is 12.8 Å². The lowest BCUT2D eigenvalue weighted by Gasteiger charge is -2.10. The number of nitrogen functional groups attached to an aromatic ring is 1. The first-order valence-corrected chi connectivity index (χ1v) is 6.31. The number of nitrogens with zero attached hydrogens (tertiary/aromatic N) is 4. The molecule has 6 heteroatoms. The lowest BCUT2D eigenvalue weighted by molar-refractivity contribution is 0.417. The maximum atomic E-state index is 5.92. The molecule has 3 rings (SSSR count). The number of benzene rings is 1. The molecule has 1 saturated carbocycles. The van der Waals surface area contributed by atoms with Gasteiger partial charge in [-0.1, -0.05) is 6.92 Å². The van der Waals surface area contributed by atoms with E-state index in [2.05, 4.69) is 22.4 Å². The van der Waals surface area contributed by atoms with Crippen molar-refractivity contribution in [3.05, 3.63) is 18.2 Å². The molecule has 19 heavy (non-hydrogen) atoms. The zero-order valence-corrected chi connectivity index (χ0v) is 11.1. The number of hydrogen-bond acceptors (Lipinski definition) is 5. The van der Waals surface area contributed by atoms with Crippen LogP contribution in [-0.2, 0) is 6.54 Å². The normalized spacial score (nSPS) is 16.3. The summed E-state index contributed by atoms with van der Waals surface area (Å²) in [6, 6.07) is 5.60. The van der Waals surface area contributed by atoms with Crippen LogP contribution in [0.5, 0.6) is 5.75 Å². The molecule has 2 aromatic rings. The van der Waals surface area contributed by atoms with Crippen molar-refractivity contribution >= 4 is 5.69 Å². The van der Waals surface area contributed by atoms with Crippen LogP contribution in [0.2, 0.25) is 0 Å². The van der Waals surface area contributed by atoms with E-state index in [-0.39, 0.29) is 0 Å². The summed E-state index contributed by atoms with van der Waals surface area (Å²) in [6.45, 7) is 3.10. The number of methoxy groups -OCH3 is 1. The molecule has 0 unspecified atom stereocenters. The molecule has 1 heterocycles. The summed E-state index contributed by atoms with van der Waals surface area (Å²) >= 11 is 0. The van der Waals surface area contributed by atoms with Crippen LogP contribution >= 0.6 is 0 Å². The van der Waals surface area contributed by atoms with Crippen molar-refractivity contribution in [3.63, 3.8) is 0 Å². The lowest BCUT2D eigenvalue weighted by atomic mass is 10.1. The first kappa shape index (κ1) is 12.0. The van der Waals surface area contributed by atoms with Crippen LogP contribution in [0.4, 0.5) is 5.69 Å². The molecule has 1 aromatic carbocycles. The molecule has 2 N–H and O–H groups in total. The van der Waals surface area contributed by atoms with Crippen LogP contribution in [0.3, 0.4) is 0 Å². The van der Waals surface area contributed by atoms with Gasteiger partial charge in [-0.3, -0.25) is 0 Å². The molecule has 0 spiro atoms. The number of rotatable bonds is 4. The van der Waals surface area contributed by atoms with Crippen molar-refractivity contribution in [3.8, 4) is 17.1 Å². The van der Waals surface area contributed by atoms with E-state index in [1.807, 2.05) is 22.9 Å². The molecule has 0 radical (unpaired) electrons. The molecule has 1 aliphatic rings. The Morgan fingerprint density at radius 1 is 1.42 bits per heavy atom. The second-order valence-electron chi connectivity index (χ2n) is 5.43. The molecule has 0 aliphatic heterocycles. The van der Waals surface area contributed by atoms with Gasteiger partial charge >= 0.3 is 0 Å². The smallest absolute Gasteiger partial charge is 0.182 e. The highest BCUT2D eigenvalue weighted by atomic mass is 16.5. The van der Waals surface area contributed by atoms with Gasteiger partial charge in [-0.05, 0) is 46.9 Å². The van der Waals surface area contributed by atoms with Crippen LogP contribution in [0.15, 0.2) is 18.2 Å². The molecule has 6 nitrogen and oxygen atoms in total. The first-order chi connectivity index (χ1) is 9.11. The molecule has 0 atom stereocenters. The van der Waals surface area contributed by atoms with E-state index >= 15 is 0 Å². The molecule has 1 aliphatic carbocycles. The predicted molar refractivity (Wildman–Crippen MR) is 71.6 cm³/mol. The predicted octanol–water partition coefficient (Wildman–Crippen LogP) is 1.73. The maximum absolute atomic E-state index is 5.92. The minimum atomic E-state index is 0.349. The van der Waals surface area contributed by atoms with Gasteiger partial charge in [0.1, 0.15) is 5.75 Å². The highest BCUT2D eigenvalue weighted by Crippen LogP contribution is 2.46. The van der Waals surface area contributed by atoms with E-state index in [0.29, 0.717) is 16.9 Å². The molecular formula is C13H17N5O. The van der Waals surface area contributed by atoms with E-state index in [4.69, 9.17) is 10.5 Å². The van der Waals surface area contributed by atoms with Crippen LogP contribution in [0.25, 0.3) is 11.4 Å². The number of anilines is 1. The highest BCUT2D eigenvalue weighted by molar-refractivity contribution is 5.66. The van der Waals surface area contributed by atoms with Gasteiger partial charge in [-0.15, -0.1) is 5.10 Å². The highest BCUT2D eigenvalue weighted by Gasteiger charge is 2.38. The number of tetrazole rings is 1. The van der Waals surface area contributed by atoms with Gasteiger partial charge < -0.3 is 10.5 Å². The van der Waals surface area contributed by atoms with Gasteiger partial charge in [-0.25, -0.2) is 4.68 Å². The Morgan fingerprint density at radius 3 is 2.84 bits per heavy atom. The fourth-order valence-electron chi connectivity index (χ4n) is 2.12. The van der Waals surface area contributed by atoms with Crippen LogP contribution in [0.1, 0.15) is 19.8 Å². The van der Waals surface area contributed by atoms with Crippen LogP contribution < -0.4 is 10.5 Å². The van der Waals surface area contributed by atoms with Crippen molar-refractivity contribution in [1.29, 1.82) is 0 Å². The standard InChI is InChI=1S/C13H17N5O/c1-13(5-6-13)8-18-12(15-16-17-18)9-3-4-11(19-2)10(14)7-9/h3-4,7H,5-6,8,14H2,1-2H3. The van der Waals surface area contributed by atoms with E-state index in [1.165, 1.54) is 12.8 Å². The Kier molecular flexibility index (Phi) is 2.66. The van der Waals surface area contributed by atoms with E-state index in [1.54, 1.807) is 7.11 Å². The van der Waals surface area contributed by atoms with Crippen molar-refractivity contribution in [2.45, 2.75) is 26.3 Å². The van der Waals surface area contributed by atoms with Crippen molar-refractivity contribution < 1.29 is 4.74 Å². The summed E-state index contributed by atoms with van der Waals surface area (Å²) in [7, 11) is 1.60. The zero-order chi connectivity index (χ0) is 13.5. The summed E-state index contributed by atoms with van der Waals surface area (Å²) in [5.41, 5.74) is 7.77. The SMILES string of the molecule is COc1ccc(-c2nnnn2CC2(C)CC2)cc1N. The second kappa shape index (κ2) is 4.22. The number of hydrogen-bond donors (Lipinski definition) is 1. The van der Waals surface area contributed by atoms with Crippen LogP contribution in [-0.4, -0.2) is 27.3 Å². The lowest BCUT2D eigenvalue weighted by Crippen LogP contribution is -2.11. The van der Waals surface area contributed by atoms with Crippen molar-refractivity contribution in [2.24, 2.45) is 5.41 Å². The Morgan fingerprint density at radius 2 is 2.21 bits per heavy atom. The first-order valence-electron chi connectivity index (χ1n) is 6.31. The van der Waals surface area contributed by atoms with Crippen molar-refractivity contribution in [1.82, 2.24) is 20.2 Å². The molecule has 1 aromatic heterocycles. The summed E-state index contributed by atoms with van der Waals surface area (Å²) in [5, 5.41) is 11.9. The van der Waals surface area contributed by atoms with Gasteiger partial charge in [0, 0.05) is 5.56 Å². The average molecular weight is 259 g/mol. The summed E-state index contributed by atoms with van der Waals surface area (Å²) in [6.07, 6.45) is 2.47. The molecule has 100 valence electrons. The van der Waals surface area contributed by atoms with Crippen LogP contribution in [0, 0.1) is 5.41 Å². The Bertz CT molecular complexity index is 603. The third kappa shape index (κ3) is 2.25. The van der Waals surface area contributed by atoms with Gasteiger partial charge in [0.05, 0.1) is 19.3 Å². The van der Waals surface area contributed by atoms with E-state index in [0.717, 1.165) is 17.9 Å². The van der Waals surface area contributed by atoms with E-state index < -0.39 is 0 Å². The third-order valence-electron chi connectivity index (χ3n) is 3.65. The summed E-state index contributed by atoms with van der Waals surface area (Å²) in [4.78, 5) is 0. The largest absolute Gasteiger partial charge is 0.495 e. The minimum Gasteiger partial charge on any atom is -0.495 e. The third-order valence-corrected chi connectivity index (χ3v) is 3.65. The van der Waals surface area contributed by atoms with Gasteiger partial charge in [0.25, 0.3) is 0 Å². The summed E-state index contributed by atoms with van der Waals surface area (Å²) in [5.74, 6) is 1.42. The topological polar surface area (TPSA) is 78.9 Å². The monoisotopic (exact) mass is 259 g/mol. The fraction of sp³-hybridized carbons (Fsp3) is 0.462. The van der Waals surface area contributed by atoms with Gasteiger partial charge in [-0.2, -0.15) is 0 Å². The number of aromatic nitrogens is 4. The molecule has 0 saturated heterocycles. The quantitative estimate of drug-likeness (QED) is 0.846. The second-order valence-corrected chi connectivity index (χ2v) is 5.43. The fourth-order valence-corrected chi connectivity index (χ4v) is 2.12. The Balaban J connectivity index is 1.93. The average Bonchev–Trinajstić information content (AvgIpc) is 2.94. The van der Waals surface area contributed by atoms with E-state index in [9.17, 15) is 0 Å². The van der Waals surface area contributed by atoms with Gasteiger partial charge in [0.15, 0.2) is 5.82 Å². The molecule has 1 fully saturated rings. The number of ether oxygens (including phenoxy) is 1. The zero-order valence-electron chi connectivity index (χ0n) is 11.1. The molecular weight excluding hydrogens is 242 g/mol. The maximum Gasteiger partial charge on any atom is 0.182 e. The minimum absolute atomic E-state index is 0.349. The Hall–Kier alpha value is -2.11. The molecule has 0 amide bonds.